The van der Waals surface area contributed by atoms with E-state index in [1.807, 2.05) is 6.92 Å². The molecule has 0 aliphatic rings. The van der Waals surface area contributed by atoms with Gasteiger partial charge in [-0.15, -0.1) is 0 Å². The van der Waals surface area contributed by atoms with Gasteiger partial charge in [-0.1, -0.05) is 6.92 Å². The molecule has 0 saturated carbocycles. The average Bonchev–Trinajstić information content (AvgIpc) is 2.32. The van der Waals surface area contributed by atoms with Crippen molar-refractivity contribution in [3.63, 3.8) is 0 Å². The van der Waals surface area contributed by atoms with E-state index < -0.39 is 6.10 Å². The van der Waals surface area contributed by atoms with Crippen LogP contribution in [-0.4, -0.2) is 41.4 Å². The summed E-state index contributed by atoms with van der Waals surface area (Å²) in [7, 11) is 1.55. The highest BCUT2D eigenvalue weighted by Crippen LogP contribution is 2.17. The molecule has 18 heavy (non-hydrogen) atoms. The van der Waals surface area contributed by atoms with Gasteiger partial charge >= 0.3 is 0 Å². The van der Waals surface area contributed by atoms with Gasteiger partial charge in [-0.25, -0.2) is 9.97 Å². The Morgan fingerprint density at radius 1 is 1.44 bits per heavy atom. The number of aryl methyl sites for hydroxylation is 1. The van der Waals surface area contributed by atoms with Crippen molar-refractivity contribution >= 4 is 11.6 Å². The molecule has 0 bridgehead atoms. The largest absolute Gasteiger partial charge is 0.389 e. The molecule has 1 heterocycles. The quantitative estimate of drug-likeness (QED) is 0.664. The molecule has 0 radical (unpaired) electrons. The van der Waals surface area contributed by atoms with E-state index in [9.17, 15) is 5.11 Å². The number of hydrogen-bond acceptors (Lipinski definition) is 6. The van der Waals surface area contributed by atoms with Crippen molar-refractivity contribution in [1.29, 1.82) is 0 Å². The van der Waals surface area contributed by atoms with Crippen LogP contribution in [0.5, 0.6) is 0 Å². The lowest BCUT2D eigenvalue weighted by Crippen LogP contribution is -2.25. The van der Waals surface area contributed by atoms with Crippen molar-refractivity contribution in [3.8, 4) is 0 Å². The molecule has 1 aromatic rings. The van der Waals surface area contributed by atoms with E-state index in [1.54, 1.807) is 7.11 Å². The molecule has 0 aromatic carbocycles. The Balaban J connectivity index is 2.74. The van der Waals surface area contributed by atoms with E-state index in [1.165, 1.54) is 0 Å². The highest BCUT2D eigenvalue weighted by molar-refractivity contribution is 5.54. The summed E-state index contributed by atoms with van der Waals surface area (Å²) in [6.45, 7) is 4.58. The molecular weight excluding hydrogens is 232 g/mol. The zero-order valence-corrected chi connectivity index (χ0v) is 11.2. The van der Waals surface area contributed by atoms with Crippen LogP contribution in [0.1, 0.15) is 24.7 Å². The lowest BCUT2D eigenvalue weighted by molar-refractivity contribution is 0.0727. The Morgan fingerprint density at radius 3 is 2.78 bits per heavy atom. The number of aromatic nitrogens is 2. The number of nitrogens with one attached hydrogen (secondary N) is 1. The summed E-state index contributed by atoms with van der Waals surface area (Å²) < 4.78 is 4.86. The zero-order valence-electron chi connectivity index (χ0n) is 11.2. The molecule has 1 rings (SSSR count). The van der Waals surface area contributed by atoms with Crippen LogP contribution >= 0.6 is 0 Å². The van der Waals surface area contributed by atoms with Gasteiger partial charge in [-0.05, 0) is 13.3 Å². The smallest absolute Gasteiger partial charge is 0.134 e. The number of nitrogen functional groups attached to an aromatic ring is 1. The Hall–Kier alpha value is -1.40. The van der Waals surface area contributed by atoms with Crippen LogP contribution in [0.15, 0.2) is 0 Å². The maximum absolute atomic E-state index is 9.58. The molecule has 0 amide bonds. The third kappa shape index (κ3) is 4.12. The first kappa shape index (κ1) is 14.7. The van der Waals surface area contributed by atoms with Gasteiger partial charge in [0.1, 0.15) is 17.5 Å². The number of aliphatic hydroxyl groups excluding tert-OH is 1. The SMILES string of the molecule is CCCc1nc(N)c(C)c(NCC(O)COC)n1. The number of methoxy groups -OCH3 is 1. The monoisotopic (exact) mass is 254 g/mol. The summed E-state index contributed by atoms with van der Waals surface area (Å²) in [5, 5.41) is 12.7. The number of ether oxygens (including phenoxy) is 1. The third-order valence-electron chi connectivity index (χ3n) is 2.57. The second-order valence-corrected chi connectivity index (χ2v) is 4.24. The molecule has 0 fully saturated rings. The van der Waals surface area contributed by atoms with E-state index in [4.69, 9.17) is 10.5 Å². The summed E-state index contributed by atoms with van der Waals surface area (Å²) in [5.41, 5.74) is 6.64. The standard InChI is InChI=1S/C12H22N4O2/c1-4-5-10-15-11(13)8(2)12(16-10)14-6-9(17)7-18-3/h9,17H,4-7H2,1-3H3,(H3,13,14,15,16). The first-order chi connectivity index (χ1) is 8.58. The lowest BCUT2D eigenvalue weighted by atomic mass is 10.2. The van der Waals surface area contributed by atoms with E-state index in [0.29, 0.717) is 18.2 Å². The van der Waals surface area contributed by atoms with Gasteiger partial charge in [-0.2, -0.15) is 0 Å². The van der Waals surface area contributed by atoms with Crippen LogP contribution in [0.25, 0.3) is 0 Å². The van der Waals surface area contributed by atoms with Crippen molar-refractivity contribution in [2.75, 3.05) is 31.3 Å². The van der Waals surface area contributed by atoms with Crippen molar-refractivity contribution in [2.45, 2.75) is 32.8 Å². The van der Waals surface area contributed by atoms with Gasteiger partial charge in [0.05, 0.1) is 12.7 Å². The van der Waals surface area contributed by atoms with Crippen molar-refractivity contribution in [2.24, 2.45) is 0 Å². The van der Waals surface area contributed by atoms with Gasteiger partial charge in [-0.3, -0.25) is 0 Å². The minimum atomic E-state index is -0.569. The molecule has 1 unspecified atom stereocenters. The fraction of sp³-hybridized carbons (Fsp3) is 0.667. The van der Waals surface area contributed by atoms with Gasteiger partial charge in [0.25, 0.3) is 0 Å². The first-order valence-corrected chi connectivity index (χ1v) is 6.12. The average molecular weight is 254 g/mol. The van der Waals surface area contributed by atoms with E-state index in [2.05, 4.69) is 22.2 Å². The third-order valence-corrected chi connectivity index (χ3v) is 2.57. The highest BCUT2D eigenvalue weighted by Gasteiger charge is 2.10. The second kappa shape index (κ2) is 7.13. The predicted molar refractivity (Wildman–Crippen MR) is 71.5 cm³/mol. The molecule has 102 valence electrons. The summed E-state index contributed by atoms with van der Waals surface area (Å²) in [6.07, 6.45) is 1.19. The Bertz CT molecular complexity index is 385. The predicted octanol–water partition coefficient (Wildman–Crippen LogP) is 0.739. The Morgan fingerprint density at radius 2 is 2.17 bits per heavy atom. The van der Waals surface area contributed by atoms with Gasteiger partial charge in [0, 0.05) is 25.6 Å². The van der Waals surface area contributed by atoms with Gasteiger partial charge in [0.2, 0.25) is 0 Å². The van der Waals surface area contributed by atoms with Crippen LogP contribution < -0.4 is 11.1 Å². The molecule has 6 nitrogen and oxygen atoms in total. The number of hydrogen-bond donors (Lipinski definition) is 3. The summed E-state index contributed by atoms with van der Waals surface area (Å²) in [4.78, 5) is 8.63. The van der Waals surface area contributed by atoms with E-state index in [-0.39, 0.29) is 6.61 Å². The molecule has 1 aromatic heterocycles. The topological polar surface area (TPSA) is 93.3 Å². The van der Waals surface area contributed by atoms with Crippen LogP contribution in [0.2, 0.25) is 0 Å². The molecule has 6 heteroatoms. The van der Waals surface area contributed by atoms with Gasteiger partial charge in [0.15, 0.2) is 0 Å². The first-order valence-electron chi connectivity index (χ1n) is 6.12. The number of nitrogens with zero attached hydrogens (tertiary/aromatic N) is 2. The normalized spacial score (nSPS) is 12.4. The molecule has 4 N–H and O–H groups in total. The zero-order chi connectivity index (χ0) is 13.5. The fourth-order valence-electron chi connectivity index (χ4n) is 1.56. The molecular formula is C12H22N4O2. The van der Waals surface area contributed by atoms with Gasteiger partial charge < -0.3 is 20.9 Å². The number of nitrogens with two attached hydrogens (primary N) is 1. The van der Waals surface area contributed by atoms with Crippen molar-refractivity contribution < 1.29 is 9.84 Å². The molecule has 0 aliphatic carbocycles. The van der Waals surface area contributed by atoms with Crippen LogP contribution in [0, 0.1) is 6.92 Å². The number of rotatable bonds is 7. The van der Waals surface area contributed by atoms with Crippen molar-refractivity contribution in [1.82, 2.24) is 9.97 Å². The summed E-state index contributed by atoms with van der Waals surface area (Å²) in [5.74, 6) is 1.89. The van der Waals surface area contributed by atoms with Crippen molar-refractivity contribution in [3.05, 3.63) is 11.4 Å². The van der Waals surface area contributed by atoms with Crippen LogP contribution in [0.4, 0.5) is 11.6 Å². The maximum Gasteiger partial charge on any atom is 0.134 e. The number of aliphatic hydroxyl groups is 1. The molecule has 0 aliphatic heterocycles. The van der Waals surface area contributed by atoms with E-state index >= 15 is 0 Å². The minimum absolute atomic E-state index is 0.286. The summed E-state index contributed by atoms with van der Waals surface area (Å²) in [6, 6.07) is 0. The minimum Gasteiger partial charge on any atom is -0.389 e. The lowest BCUT2D eigenvalue weighted by Gasteiger charge is -2.14. The molecule has 0 saturated heterocycles. The highest BCUT2D eigenvalue weighted by atomic mass is 16.5. The molecule has 0 spiro atoms. The Labute approximate surface area is 108 Å². The fourth-order valence-corrected chi connectivity index (χ4v) is 1.56. The second-order valence-electron chi connectivity index (χ2n) is 4.24. The number of anilines is 2. The summed E-state index contributed by atoms with van der Waals surface area (Å²) >= 11 is 0. The molecule has 1 atom stereocenters. The van der Waals surface area contributed by atoms with E-state index in [0.717, 1.165) is 24.2 Å². The van der Waals surface area contributed by atoms with Crippen LogP contribution in [-0.2, 0) is 11.2 Å². The Kier molecular flexibility index (Phi) is 5.80. The van der Waals surface area contributed by atoms with Crippen LogP contribution in [0.3, 0.4) is 0 Å². The maximum atomic E-state index is 9.58.